The Kier molecular flexibility index (Phi) is 2.95. The van der Waals surface area contributed by atoms with Gasteiger partial charge in [0.25, 0.3) is 0 Å². The first-order valence-corrected chi connectivity index (χ1v) is 7.09. The minimum absolute atomic E-state index is 0.0250. The molecule has 0 atom stereocenters. The lowest BCUT2D eigenvalue weighted by molar-refractivity contribution is 0.0731. The van der Waals surface area contributed by atoms with E-state index in [2.05, 4.69) is 24.3 Å². The molecule has 2 aliphatic rings. The highest BCUT2D eigenvalue weighted by molar-refractivity contribution is 5.30. The molecule has 18 heavy (non-hydrogen) atoms. The second kappa shape index (κ2) is 4.36. The molecule has 0 amide bonds. The molecule has 2 nitrogen and oxygen atoms in total. The minimum Gasteiger partial charge on any atom is -0.378 e. The van der Waals surface area contributed by atoms with Crippen LogP contribution >= 0.6 is 0 Å². The van der Waals surface area contributed by atoms with Gasteiger partial charge in [0, 0.05) is 12.6 Å². The fraction of sp³-hybridized carbons (Fsp3) is 0.625. The molecule has 0 aliphatic heterocycles. The third-order valence-electron chi connectivity index (χ3n) is 4.88. The molecule has 0 bridgehead atoms. The van der Waals surface area contributed by atoms with Crippen molar-refractivity contribution in [2.24, 2.45) is 5.73 Å². The van der Waals surface area contributed by atoms with Crippen molar-refractivity contribution in [2.45, 2.75) is 56.1 Å². The standard InChI is InChI=1S/C16H23NO/c1-18-15(11-12-15)10-7-13-3-5-14(6-4-13)16(17)8-2-9-16/h3-6H,2,7-12,17H2,1H3. The summed E-state index contributed by atoms with van der Waals surface area (Å²) in [5.41, 5.74) is 9.23. The number of ether oxygens (including phenoxy) is 1. The lowest BCUT2D eigenvalue weighted by atomic mass is 9.72. The molecule has 2 fully saturated rings. The monoisotopic (exact) mass is 245 g/mol. The lowest BCUT2D eigenvalue weighted by Crippen LogP contribution is -2.43. The van der Waals surface area contributed by atoms with Gasteiger partial charge in [0.2, 0.25) is 0 Å². The Bertz CT molecular complexity index is 415. The van der Waals surface area contributed by atoms with Crippen molar-refractivity contribution < 1.29 is 4.74 Å². The Morgan fingerprint density at radius 2 is 1.78 bits per heavy atom. The maximum Gasteiger partial charge on any atom is 0.0684 e. The maximum absolute atomic E-state index is 6.33. The van der Waals surface area contributed by atoms with Gasteiger partial charge in [-0.15, -0.1) is 0 Å². The van der Waals surface area contributed by atoms with Crippen molar-refractivity contribution in [3.63, 3.8) is 0 Å². The van der Waals surface area contributed by atoms with Gasteiger partial charge in [-0.3, -0.25) is 0 Å². The van der Waals surface area contributed by atoms with Gasteiger partial charge in [-0.2, -0.15) is 0 Å². The summed E-state index contributed by atoms with van der Waals surface area (Å²) >= 11 is 0. The van der Waals surface area contributed by atoms with Crippen LogP contribution in [0.4, 0.5) is 0 Å². The van der Waals surface area contributed by atoms with E-state index in [1.807, 2.05) is 7.11 Å². The van der Waals surface area contributed by atoms with Crippen molar-refractivity contribution in [1.29, 1.82) is 0 Å². The summed E-state index contributed by atoms with van der Waals surface area (Å²) in [5, 5.41) is 0. The smallest absolute Gasteiger partial charge is 0.0684 e. The first-order chi connectivity index (χ1) is 8.66. The van der Waals surface area contributed by atoms with E-state index in [0.717, 1.165) is 25.7 Å². The molecule has 0 unspecified atom stereocenters. The van der Waals surface area contributed by atoms with Crippen LogP contribution in [0.15, 0.2) is 24.3 Å². The second-order valence-electron chi connectivity index (χ2n) is 6.09. The van der Waals surface area contributed by atoms with Crippen molar-refractivity contribution in [3.05, 3.63) is 35.4 Å². The number of benzene rings is 1. The number of rotatable bonds is 5. The lowest BCUT2D eigenvalue weighted by Gasteiger charge is -2.38. The molecule has 0 aromatic heterocycles. The van der Waals surface area contributed by atoms with E-state index in [1.54, 1.807) is 0 Å². The number of aryl methyl sites for hydroxylation is 1. The Morgan fingerprint density at radius 1 is 1.11 bits per heavy atom. The fourth-order valence-corrected chi connectivity index (χ4v) is 2.92. The number of methoxy groups -OCH3 is 1. The van der Waals surface area contributed by atoms with Gasteiger partial charge in [0.05, 0.1) is 5.60 Å². The predicted octanol–water partition coefficient (Wildman–Crippen LogP) is 3.14. The van der Waals surface area contributed by atoms with Crippen LogP contribution in [-0.4, -0.2) is 12.7 Å². The van der Waals surface area contributed by atoms with Crippen molar-refractivity contribution >= 4 is 0 Å². The van der Waals surface area contributed by atoms with Crippen LogP contribution in [-0.2, 0) is 16.7 Å². The predicted molar refractivity (Wildman–Crippen MR) is 73.5 cm³/mol. The van der Waals surface area contributed by atoms with Gasteiger partial charge in [0.15, 0.2) is 0 Å². The van der Waals surface area contributed by atoms with Crippen LogP contribution in [0.1, 0.15) is 49.7 Å². The van der Waals surface area contributed by atoms with Crippen LogP contribution in [0.3, 0.4) is 0 Å². The zero-order valence-corrected chi connectivity index (χ0v) is 11.2. The molecule has 2 saturated carbocycles. The van der Waals surface area contributed by atoms with Gasteiger partial charge < -0.3 is 10.5 Å². The molecule has 0 radical (unpaired) electrons. The first-order valence-electron chi connectivity index (χ1n) is 7.09. The highest BCUT2D eigenvalue weighted by atomic mass is 16.5. The van der Waals surface area contributed by atoms with E-state index < -0.39 is 0 Å². The second-order valence-corrected chi connectivity index (χ2v) is 6.09. The summed E-state index contributed by atoms with van der Waals surface area (Å²) in [4.78, 5) is 0. The van der Waals surface area contributed by atoms with Gasteiger partial charge in [-0.1, -0.05) is 24.3 Å². The topological polar surface area (TPSA) is 35.2 Å². The number of hydrogen-bond donors (Lipinski definition) is 1. The molecule has 3 rings (SSSR count). The fourth-order valence-electron chi connectivity index (χ4n) is 2.92. The molecule has 2 aliphatic carbocycles. The highest BCUT2D eigenvalue weighted by Crippen LogP contribution is 2.43. The molecule has 2 heteroatoms. The summed E-state index contributed by atoms with van der Waals surface area (Å²) < 4.78 is 5.56. The Hall–Kier alpha value is -0.860. The quantitative estimate of drug-likeness (QED) is 0.865. The van der Waals surface area contributed by atoms with Gasteiger partial charge >= 0.3 is 0 Å². The van der Waals surface area contributed by atoms with Crippen LogP contribution in [0.2, 0.25) is 0 Å². The van der Waals surface area contributed by atoms with Gasteiger partial charge in [-0.25, -0.2) is 0 Å². The Balaban J connectivity index is 1.61. The van der Waals surface area contributed by atoms with Crippen LogP contribution < -0.4 is 5.73 Å². The summed E-state index contributed by atoms with van der Waals surface area (Å²) in [7, 11) is 1.84. The van der Waals surface area contributed by atoms with Crippen molar-refractivity contribution in [1.82, 2.24) is 0 Å². The van der Waals surface area contributed by atoms with Gasteiger partial charge in [-0.05, 0) is 56.1 Å². The Morgan fingerprint density at radius 3 is 2.22 bits per heavy atom. The zero-order valence-electron chi connectivity index (χ0n) is 11.2. The van der Waals surface area contributed by atoms with Crippen molar-refractivity contribution in [3.8, 4) is 0 Å². The third kappa shape index (κ3) is 2.19. The molecule has 2 N–H and O–H groups in total. The molecular formula is C16H23NO. The van der Waals surface area contributed by atoms with E-state index in [9.17, 15) is 0 Å². The average Bonchev–Trinajstić information content (AvgIpc) is 3.15. The van der Waals surface area contributed by atoms with Crippen LogP contribution in [0, 0.1) is 0 Å². The van der Waals surface area contributed by atoms with Crippen LogP contribution in [0.5, 0.6) is 0 Å². The summed E-state index contributed by atoms with van der Waals surface area (Å²) in [5.74, 6) is 0. The maximum atomic E-state index is 6.33. The number of hydrogen-bond acceptors (Lipinski definition) is 2. The molecule has 0 spiro atoms. The van der Waals surface area contributed by atoms with Gasteiger partial charge in [0.1, 0.15) is 0 Å². The molecule has 0 heterocycles. The molecular weight excluding hydrogens is 222 g/mol. The highest BCUT2D eigenvalue weighted by Gasteiger charge is 2.42. The SMILES string of the molecule is COC1(CCc2ccc(C3(N)CCC3)cc2)CC1. The van der Waals surface area contributed by atoms with Crippen LogP contribution in [0.25, 0.3) is 0 Å². The van der Waals surface area contributed by atoms with E-state index in [1.165, 1.54) is 30.4 Å². The molecule has 1 aromatic carbocycles. The largest absolute Gasteiger partial charge is 0.378 e. The summed E-state index contributed by atoms with van der Waals surface area (Å²) in [6, 6.07) is 8.93. The normalized spacial score (nSPS) is 23.4. The minimum atomic E-state index is -0.0250. The number of nitrogens with two attached hydrogens (primary N) is 1. The molecule has 98 valence electrons. The van der Waals surface area contributed by atoms with E-state index in [-0.39, 0.29) is 11.1 Å². The molecule has 0 saturated heterocycles. The average molecular weight is 245 g/mol. The Labute approximate surface area is 110 Å². The first kappa shape index (κ1) is 12.2. The van der Waals surface area contributed by atoms with E-state index in [0.29, 0.717) is 0 Å². The molecule has 1 aromatic rings. The summed E-state index contributed by atoms with van der Waals surface area (Å²) in [6.45, 7) is 0. The zero-order chi connectivity index (χ0) is 12.6. The summed E-state index contributed by atoms with van der Waals surface area (Å²) in [6.07, 6.45) is 8.27. The third-order valence-corrected chi connectivity index (χ3v) is 4.88. The van der Waals surface area contributed by atoms with E-state index in [4.69, 9.17) is 10.5 Å². The van der Waals surface area contributed by atoms with E-state index >= 15 is 0 Å². The van der Waals surface area contributed by atoms with Crippen molar-refractivity contribution in [2.75, 3.05) is 7.11 Å².